The van der Waals surface area contributed by atoms with Crippen molar-refractivity contribution < 1.29 is 14.3 Å². The van der Waals surface area contributed by atoms with Crippen molar-refractivity contribution in [3.8, 4) is 0 Å². The van der Waals surface area contributed by atoms with Crippen LogP contribution in [0.3, 0.4) is 0 Å². The van der Waals surface area contributed by atoms with Gasteiger partial charge in [0, 0.05) is 51.2 Å². The number of halogens is 1. The molecule has 2 aliphatic carbocycles. The van der Waals surface area contributed by atoms with Gasteiger partial charge in [-0.3, -0.25) is 9.79 Å². The van der Waals surface area contributed by atoms with Crippen molar-refractivity contribution in [2.75, 3.05) is 33.2 Å². The minimum absolute atomic E-state index is 0. The third-order valence-electron chi connectivity index (χ3n) is 6.03. The lowest BCUT2D eigenvalue weighted by Gasteiger charge is -2.28. The molecule has 1 heterocycles. The van der Waals surface area contributed by atoms with Crippen LogP contribution in [0.25, 0.3) is 0 Å². The third-order valence-corrected chi connectivity index (χ3v) is 6.03. The van der Waals surface area contributed by atoms with Crippen molar-refractivity contribution in [3.63, 3.8) is 0 Å². The summed E-state index contributed by atoms with van der Waals surface area (Å²) in [5.41, 5.74) is -0.487. The van der Waals surface area contributed by atoms with Crippen molar-refractivity contribution >= 4 is 41.9 Å². The predicted octanol–water partition coefficient (Wildman–Crippen LogP) is 2.96. The highest BCUT2D eigenvalue weighted by molar-refractivity contribution is 14.0. The smallest absolute Gasteiger partial charge is 0.410 e. The van der Waals surface area contributed by atoms with E-state index in [0.717, 1.165) is 51.2 Å². The number of carbonyl (C=O) groups excluding carboxylic acids is 2. The zero-order valence-electron chi connectivity index (χ0n) is 19.5. The molecule has 1 unspecified atom stereocenters. The van der Waals surface area contributed by atoms with E-state index in [4.69, 9.17) is 4.74 Å². The molecular weight excluding hydrogens is 509 g/mol. The van der Waals surface area contributed by atoms with E-state index in [2.05, 4.69) is 15.6 Å². The van der Waals surface area contributed by atoms with Gasteiger partial charge in [0.15, 0.2) is 5.96 Å². The summed E-state index contributed by atoms with van der Waals surface area (Å²) in [5.74, 6) is 1.29. The Bertz CT molecular complexity index is 642. The van der Waals surface area contributed by atoms with Crippen LogP contribution < -0.4 is 10.6 Å². The molecule has 178 valence electrons. The SMILES string of the molecule is CN=C(NCCN(C(=O)OC(C)(C)C)C1CC1)NC1CCN(C(=O)C2CCCC2)C1.I. The zero-order chi connectivity index (χ0) is 21.7. The number of nitrogens with one attached hydrogen (secondary N) is 2. The van der Waals surface area contributed by atoms with Crippen LogP contribution in [0.4, 0.5) is 4.79 Å². The monoisotopic (exact) mass is 549 g/mol. The maximum atomic E-state index is 12.6. The van der Waals surface area contributed by atoms with Gasteiger partial charge in [0.25, 0.3) is 0 Å². The number of amides is 2. The minimum Gasteiger partial charge on any atom is -0.444 e. The molecule has 2 saturated carbocycles. The van der Waals surface area contributed by atoms with Gasteiger partial charge in [-0.25, -0.2) is 4.79 Å². The van der Waals surface area contributed by atoms with Crippen LogP contribution in [0, 0.1) is 5.92 Å². The van der Waals surface area contributed by atoms with Crippen molar-refractivity contribution in [3.05, 3.63) is 0 Å². The average molecular weight is 549 g/mol. The number of nitrogens with zero attached hydrogens (tertiary/aromatic N) is 3. The summed E-state index contributed by atoms with van der Waals surface area (Å²) in [5, 5.41) is 6.75. The molecular formula is C22H40IN5O3. The van der Waals surface area contributed by atoms with Gasteiger partial charge in [-0.05, 0) is 52.9 Å². The Hall–Kier alpha value is -1.26. The number of carbonyl (C=O) groups is 2. The quantitative estimate of drug-likeness (QED) is 0.303. The highest BCUT2D eigenvalue weighted by atomic mass is 127. The topological polar surface area (TPSA) is 86.3 Å². The maximum absolute atomic E-state index is 12.6. The van der Waals surface area contributed by atoms with Gasteiger partial charge in [0.05, 0.1) is 0 Å². The first-order chi connectivity index (χ1) is 14.3. The average Bonchev–Trinajstić information content (AvgIpc) is 3.17. The van der Waals surface area contributed by atoms with Crippen LogP contribution in [0.5, 0.6) is 0 Å². The van der Waals surface area contributed by atoms with E-state index in [1.54, 1.807) is 7.05 Å². The number of hydrogen-bond donors (Lipinski definition) is 2. The molecule has 0 aromatic carbocycles. The molecule has 31 heavy (non-hydrogen) atoms. The number of aliphatic imine (C=N–C) groups is 1. The van der Waals surface area contributed by atoms with Gasteiger partial charge in [-0.1, -0.05) is 12.8 Å². The van der Waals surface area contributed by atoms with Crippen molar-refractivity contribution in [2.24, 2.45) is 10.9 Å². The molecule has 0 spiro atoms. The molecule has 1 atom stereocenters. The molecule has 0 aromatic rings. The second kappa shape index (κ2) is 11.6. The van der Waals surface area contributed by atoms with Gasteiger partial charge >= 0.3 is 6.09 Å². The van der Waals surface area contributed by atoms with E-state index in [9.17, 15) is 9.59 Å². The molecule has 3 aliphatic rings. The first-order valence-electron chi connectivity index (χ1n) is 11.5. The summed E-state index contributed by atoms with van der Waals surface area (Å²) in [6.45, 7) is 8.41. The second-order valence-corrected chi connectivity index (χ2v) is 9.80. The summed E-state index contributed by atoms with van der Waals surface area (Å²) in [6.07, 6.45) is 7.24. The fraction of sp³-hybridized carbons (Fsp3) is 0.864. The van der Waals surface area contributed by atoms with Crippen LogP contribution in [0.1, 0.15) is 65.7 Å². The van der Waals surface area contributed by atoms with Gasteiger partial charge in [0.1, 0.15) is 5.60 Å². The van der Waals surface area contributed by atoms with Gasteiger partial charge in [-0.2, -0.15) is 0 Å². The number of rotatable bonds is 6. The molecule has 9 heteroatoms. The number of likely N-dealkylation sites (tertiary alicyclic amines) is 1. The summed E-state index contributed by atoms with van der Waals surface area (Å²) in [7, 11) is 1.75. The Morgan fingerprint density at radius 3 is 2.39 bits per heavy atom. The minimum atomic E-state index is -0.487. The molecule has 2 N–H and O–H groups in total. The Labute approximate surface area is 203 Å². The first kappa shape index (κ1) is 26.0. The molecule has 0 bridgehead atoms. The fourth-order valence-electron chi connectivity index (χ4n) is 4.32. The molecule has 1 saturated heterocycles. The second-order valence-electron chi connectivity index (χ2n) is 9.80. The van der Waals surface area contributed by atoms with E-state index in [1.807, 2.05) is 30.6 Å². The largest absolute Gasteiger partial charge is 0.444 e. The molecule has 2 amide bonds. The highest BCUT2D eigenvalue weighted by Crippen LogP contribution is 2.28. The van der Waals surface area contributed by atoms with Crippen LogP contribution in [0.15, 0.2) is 4.99 Å². The molecule has 8 nitrogen and oxygen atoms in total. The molecule has 3 fully saturated rings. The lowest BCUT2D eigenvalue weighted by Crippen LogP contribution is -2.48. The van der Waals surface area contributed by atoms with Gasteiger partial charge in [0.2, 0.25) is 5.91 Å². The number of hydrogen-bond acceptors (Lipinski definition) is 4. The Morgan fingerprint density at radius 2 is 1.81 bits per heavy atom. The first-order valence-corrected chi connectivity index (χ1v) is 11.5. The van der Waals surface area contributed by atoms with Crippen molar-refractivity contribution in [1.29, 1.82) is 0 Å². The summed E-state index contributed by atoms with van der Waals surface area (Å²) < 4.78 is 5.54. The van der Waals surface area contributed by atoms with E-state index in [-0.39, 0.29) is 42.0 Å². The lowest BCUT2D eigenvalue weighted by atomic mass is 10.1. The van der Waals surface area contributed by atoms with Gasteiger partial charge < -0.3 is 25.2 Å². The fourth-order valence-corrected chi connectivity index (χ4v) is 4.32. The van der Waals surface area contributed by atoms with Crippen LogP contribution >= 0.6 is 24.0 Å². The van der Waals surface area contributed by atoms with Crippen molar-refractivity contribution in [2.45, 2.75) is 83.4 Å². The van der Waals surface area contributed by atoms with Crippen LogP contribution in [-0.2, 0) is 9.53 Å². The molecule has 0 aromatic heterocycles. The lowest BCUT2D eigenvalue weighted by molar-refractivity contribution is -0.134. The van der Waals surface area contributed by atoms with E-state index < -0.39 is 5.60 Å². The normalized spacial score (nSPS) is 22.1. The Balaban J connectivity index is 0.00000341. The molecule has 0 radical (unpaired) electrons. The molecule has 1 aliphatic heterocycles. The Morgan fingerprint density at radius 1 is 1.13 bits per heavy atom. The zero-order valence-corrected chi connectivity index (χ0v) is 21.8. The summed E-state index contributed by atoms with van der Waals surface area (Å²) in [6, 6.07) is 0.508. The Kier molecular flexibility index (Phi) is 9.69. The maximum Gasteiger partial charge on any atom is 0.410 e. The van der Waals surface area contributed by atoms with Crippen LogP contribution in [-0.4, -0.2) is 78.7 Å². The van der Waals surface area contributed by atoms with Gasteiger partial charge in [-0.15, -0.1) is 24.0 Å². The predicted molar refractivity (Wildman–Crippen MR) is 133 cm³/mol. The standard InChI is InChI=1S/C22H39N5O3.HI/c1-22(2,3)30-21(29)27(18-9-10-18)14-12-24-20(23-4)25-17-11-13-26(15-17)19(28)16-7-5-6-8-16;/h16-18H,5-15H2,1-4H3,(H2,23,24,25);1H. The van der Waals surface area contributed by atoms with E-state index in [1.165, 1.54) is 12.8 Å². The van der Waals surface area contributed by atoms with E-state index in [0.29, 0.717) is 25.0 Å². The van der Waals surface area contributed by atoms with Crippen LogP contribution in [0.2, 0.25) is 0 Å². The molecule has 3 rings (SSSR count). The summed E-state index contributed by atoms with van der Waals surface area (Å²) in [4.78, 5) is 33.2. The number of guanidine groups is 1. The number of ether oxygens (including phenoxy) is 1. The van der Waals surface area contributed by atoms with E-state index >= 15 is 0 Å². The van der Waals surface area contributed by atoms with Crippen molar-refractivity contribution in [1.82, 2.24) is 20.4 Å². The third kappa shape index (κ3) is 7.98. The highest BCUT2D eigenvalue weighted by Gasteiger charge is 2.35. The summed E-state index contributed by atoms with van der Waals surface area (Å²) >= 11 is 0.